The maximum atomic E-state index is 11.9. The number of carbonyl (C=O) groups excluding carboxylic acids is 1. The highest BCUT2D eigenvalue weighted by Crippen LogP contribution is 2.18. The lowest BCUT2D eigenvalue weighted by Crippen LogP contribution is -2.32. The number of H-pyrrole nitrogens is 1. The first-order chi connectivity index (χ1) is 12.2. The normalized spacial score (nSPS) is 16.8. The van der Waals surface area contributed by atoms with Crippen LogP contribution in [0.15, 0.2) is 29.4 Å². The van der Waals surface area contributed by atoms with Crippen molar-refractivity contribution in [3.05, 3.63) is 35.7 Å². The number of hydrogen-bond acceptors (Lipinski definition) is 6. The van der Waals surface area contributed by atoms with E-state index in [4.69, 9.17) is 9.47 Å². The Labute approximate surface area is 150 Å². The number of hydrogen-bond donors (Lipinski definition) is 2. The maximum absolute atomic E-state index is 11.9. The van der Waals surface area contributed by atoms with E-state index < -0.39 is 0 Å². The third kappa shape index (κ3) is 5.47. The van der Waals surface area contributed by atoms with Crippen molar-refractivity contribution < 1.29 is 14.3 Å². The number of nitrogens with one attached hydrogen (secondary N) is 2. The van der Waals surface area contributed by atoms with Gasteiger partial charge in [0.1, 0.15) is 12.4 Å². The number of benzene rings is 1. The van der Waals surface area contributed by atoms with Crippen molar-refractivity contribution in [1.29, 1.82) is 0 Å². The van der Waals surface area contributed by atoms with Crippen molar-refractivity contribution in [1.82, 2.24) is 20.5 Å². The highest BCUT2D eigenvalue weighted by atomic mass is 32.2. The van der Waals surface area contributed by atoms with Gasteiger partial charge in [-0.25, -0.2) is 4.98 Å². The van der Waals surface area contributed by atoms with Crippen LogP contribution in [-0.4, -0.2) is 46.1 Å². The molecule has 2 aromatic rings. The van der Waals surface area contributed by atoms with Gasteiger partial charge in [-0.3, -0.25) is 9.89 Å². The third-order valence-electron chi connectivity index (χ3n) is 3.85. The minimum atomic E-state index is -0.0389. The molecular weight excluding hydrogens is 340 g/mol. The molecule has 0 radical (unpaired) electrons. The first kappa shape index (κ1) is 17.8. The molecule has 1 aliphatic rings. The largest absolute Gasteiger partial charge is 0.485 e. The second-order valence-corrected chi connectivity index (χ2v) is 6.79. The molecule has 1 amide bonds. The summed E-state index contributed by atoms with van der Waals surface area (Å²) < 4.78 is 11.2. The van der Waals surface area contributed by atoms with Crippen molar-refractivity contribution in [2.45, 2.75) is 37.6 Å². The number of nitrogens with zero attached hydrogens (tertiary/aromatic N) is 2. The van der Waals surface area contributed by atoms with Gasteiger partial charge in [-0.05, 0) is 31.4 Å². The number of carbonyl (C=O) groups is 1. The van der Waals surface area contributed by atoms with E-state index in [0.29, 0.717) is 24.1 Å². The molecule has 0 saturated carbocycles. The van der Waals surface area contributed by atoms with Gasteiger partial charge in [0.2, 0.25) is 11.1 Å². The number of para-hydroxylation sites is 1. The number of ether oxygens (including phenoxy) is 2. The predicted molar refractivity (Wildman–Crippen MR) is 94.6 cm³/mol. The second kappa shape index (κ2) is 8.87. The van der Waals surface area contributed by atoms with Crippen molar-refractivity contribution in [2.75, 3.05) is 18.9 Å². The Morgan fingerprint density at radius 3 is 3.16 bits per heavy atom. The lowest BCUT2D eigenvalue weighted by atomic mass is 10.2. The van der Waals surface area contributed by atoms with Crippen LogP contribution in [0.2, 0.25) is 0 Å². The summed E-state index contributed by atoms with van der Waals surface area (Å²) in [6.07, 6.45) is 2.24. The summed E-state index contributed by atoms with van der Waals surface area (Å²) in [7, 11) is 0. The van der Waals surface area contributed by atoms with E-state index in [1.807, 2.05) is 31.2 Å². The fourth-order valence-electron chi connectivity index (χ4n) is 2.49. The molecule has 1 saturated heterocycles. The van der Waals surface area contributed by atoms with Crippen molar-refractivity contribution in [2.24, 2.45) is 0 Å². The van der Waals surface area contributed by atoms with Gasteiger partial charge in [0, 0.05) is 13.2 Å². The van der Waals surface area contributed by atoms with Gasteiger partial charge in [-0.1, -0.05) is 30.0 Å². The van der Waals surface area contributed by atoms with Crippen molar-refractivity contribution >= 4 is 17.7 Å². The average Bonchev–Trinajstić information content (AvgIpc) is 3.29. The van der Waals surface area contributed by atoms with Crippen LogP contribution in [0.5, 0.6) is 5.75 Å². The molecule has 7 nitrogen and oxygen atoms in total. The Hall–Kier alpha value is -2.06. The number of aromatic amines is 1. The quantitative estimate of drug-likeness (QED) is 0.699. The molecule has 2 N–H and O–H groups in total. The lowest BCUT2D eigenvalue weighted by Gasteiger charge is -2.09. The van der Waals surface area contributed by atoms with Crippen molar-refractivity contribution in [3.63, 3.8) is 0 Å². The van der Waals surface area contributed by atoms with Crippen molar-refractivity contribution in [3.8, 4) is 5.75 Å². The highest BCUT2D eigenvalue weighted by Gasteiger charge is 2.16. The summed E-state index contributed by atoms with van der Waals surface area (Å²) in [6, 6.07) is 7.81. The van der Waals surface area contributed by atoms with Gasteiger partial charge >= 0.3 is 0 Å². The number of rotatable bonds is 8. The first-order valence-corrected chi connectivity index (χ1v) is 9.30. The molecule has 1 aromatic carbocycles. The highest BCUT2D eigenvalue weighted by molar-refractivity contribution is 7.99. The number of thioether (sulfide) groups is 1. The Morgan fingerprint density at radius 1 is 1.48 bits per heavy atom. The Bertz CT molecular complexity index is 701. The summed E-state index contributed by atoms with van der Waals surface area (Å²) in [5.41, 5.74) is 1.07. The Morgan fingerprint density at radius 2 is 2.36 bits per heavy atom. The average molecular weight is 362 g/mol. The zero-order valence-electron chi connectivity index (χ0n) is 14.2. The van der Waals surface area contributed by atoms with Gasteiger partial charge in [0.15, 0.2) is 5.82 Å². The van der Waals surface area contributed by atoms with E-state index in [-0.39, 0.29) is 17.8 Å². The number of aryl methyl sites for hydroxylation is 1. The molecule has 134 valence electrons. The molecule has 0 bridgehead atoms. The van der Waals surface area contributed by atoms with E-state index in [1.165, 1.54) is 11.8 Å². The molecule has 8 heteroatoms. The first-order valence-electron chi connectivity index (χ1n) is 8.31. The summed E-state index contributed by atoms with van der Waals surface area (Å²) in [6.45, 7) is 3.67. The standard InChI is InChI=1S/C17H22N4O3S/c1-12-5-2-3-7-14(12)24-10-15-19-17(21-20-15)25-11-16(22)18-9-13-6-4-8-23-13/h2-3,5,7,13H,4,6,8-11H2,1H3,(H,18,22)(H,19,20,21)/t13-/m1/s1. The van der Waals surface area contributed by atoms with E-state index >= 15 is 0 Å². The predicted octanol–water partition coefficient (Wildman–Crippen LogP) is 2.08. The fraction of sp³-hybridized carbons (Fsp3) is 0.471. The van der Waals surface area contributed by atoms with Crippen LogP contribution in [0.3, 0.4) is 0 Å². The van der Waals surface area contributed by atoms with Gasteiger partial charge in [0.05, 0.1) is 11.9 Å². The topological polar surface area (TPSA) is 89.1 Å². The van der Waals surface area contributed by atoms with Crippen LogP contribution in [0.1, 0.15) is 24.2 Å². The van der Waals surface area contributed by atoms with E-state index in [0.717, 1.165) is 30.8 Å². The minimum Gasteiger partial charge on any atom is -0.485 e. The van der Waals surface area contributed by atoms with Crippen LogP contribution in [0.4, 0.5) is 0 Å². The smallest absolute Gasteiger partial charge is 0.230 e. The van der Waals surface area contributed by atoms with Gasteiger partial charge in [0.25, 0.3) is 0 Å². The molecule has 1 aromatic heterocycles. The number of aromatic nitrogens is 3. The molecule has 1 fully saturated rings. The Kier molecular flexibility index (Phi) is 6.30. The van der Waals surface area contributed by atoms with Crippen LogP contribution >= 0.6 is 11.8 Å². The third-order valence-corrected chi connectivity index (χ3v) is 4.70. The Balaban J connectivity index is 1.39. The molecule has 25 heavy (non-hydrogen) atoms. The molecule has 0 unspecified atom stereocenters. The van der Waals surface area contributed by atoms with E-state index in [1.54, 1.807) is 0 Å². The SMILES string of the molecule is Cc1ccccc1OCc1nc(SCC(=O)NC[C@H]2CCCO2)n[nH]1. The summed E-state index contributed by atoms with van der Waals surface area (Å²) in [4.78, 5) is 16.2. The monoisotopic (exact) mass is 362 g/mol. The van der Waals surface area contributed by atoms with Crippen LogP contribution in [-0.2, 0) is 16.1 Å². The summed E-state index contributed by atoms with van der Waals surface area (Å²) in [5.74, 6) is 1.69. The lowest BCUT2D eigenvalue weighted by molar-refractivity contribution is -0.119. The zero-order valence-corrected chi connectivity index (χ0v) is 15.0. The molecule has 3 rings (SSSR count). The molecule has 2 heterocycles. The summed E-state index contributed by atoms with van der Waals surface area (Å²) in [5, 5.41) is 10.4. The van der Waals surface area contributed by atoms with E-state index in [2.05, 4.69) is 20.5 Å². The molecule has 0 spiro atoms. The van der Waals surface area contributed by atoms with Gasteiger partial charge in [-0.2, -0.15) is 0 Å². The fourth-order valence-corrected chi connectivity index (χ4v) is 3.13. The molecule has 1 atom stereocenters. The second-order valence-electron chi connectivity index (χ2n) is 5.85. The molecular formula is C17H22N4O3S. The molecule has 0 aliphatic carbocycles. The van der Waals surface area contributed by atoms with Crippen LogP contribution in [0, 0.1) is 6.92 Å². The van der Waals surface area contributed by atoms with Gasteiger partial charge < -0.3 is 14.8 Å². The maximum Gasteiger partial charge on any atom is 0.230 e. The minimum absolute atomic E-state index is 0.0389. The zero-order chi connectivity index (χ0) is 17.5. The van der Waals surface area contributed by atoms with Crippen LogP contribution < -0.4 is 10.1 Å². The van der Waals surface area contributed by atoms with E-state index in [9.17, 15) is 4.79 Å². The van der Waals surface area contributed by atoms with Gasteiger partial charge in [-0.15, -0.1) is 5.10 Å². The van der Waals surface area contributed by atoms with Crippen LogP contribution in [0.25, 0.3) is 0 Å². The summed E-state index contributed by atoms with van der Waals surface area (Å²) >= 11 is 1.29. The number of amides is 1. The molecule has 1 aliphatic heterocycles.